The lowest BCUT2D eigenvalue weighted by Gasteiger charge is -2.23. The summed E-state index contributed by atoms with van der Waals surface area (Å²) in [6.45, 7) is 3.08. The normalized spacial score (nSPS) is 19.8. The van der Waals surface area contributed by atoms with E-state index in [1.54, 1.807) is 6.20 Å². The Morgan fingerprint density at radius 1 is 1.24 bits per heavy atom. The summed E-state index contributed by atoms with van der Waals surface area (Å²) < 4.78 is 36.7. The van der Waals surface area contributed by atoms with Crippen molar-refractivity contribution in [3.8, 4) is 17.3 Å². The maximum absolute atomic E-state index is 16.3. The highest BCUT2D eigenvalue weighted by atomic mass is 32.1. The summed E-state index contributed by atoms with van der Waals surface area (Å²) in [5, 5.41) is 10.6. The Morgan fingerprint density at radius 2 is 2.03 bits per heavy atom. The molecular weight excluding hydrogens is 460 g/mol. The van der Waals surface area contributed by atoms with Crippen LogP contribution in [0, 0.1) is 23.0 Å². The molecule has 0 spiro atoms. The van der Waals surface area contributed by atoms with Gasteiger partial charge >= 0.3 is 0 Å². The molecule has 34 heavy (non-hydrogen) atoms. The van der Waals surface area contributed by atoms with Crippen LogP contribution in [0.3, 0.4) is 0 Å². The van der Waals surface area contributed by atoms with Crippen molar-refractivity contribution in [2.24, 2.45) is 5.73 Å². The zero-order valence-electron chi connectivity index (χ0n) is 18.1. The van der Waals surface area contributed by atoms with Gasteiger partial charge in [-0.2, -0.15) is 5.26 Å². The van der Waals surface area contributed by atoms with E-state index in [4.69, 9.17) is 16.2 Å². The first-order valence-electron chi connectivity index (χ1n) is 10.8. The van der Waals surface area contributed by atoms with E-state index in [0.29, 0.717) is 23.4 Å². The molecule has 0 amide bonds. The number of hydrogen-bond acceptors (Lipinski definition) is 9. The van der Waals surface area contributed by atoms with E-state index >= 15 is 4.39 Å². The average Bonchev–Trinajstić information content (AvgIpc) is 3.53. The summed E-state index contributed by atoms with van der Waals surface area (Å²) in [6, 6.07) is 2.02. The zero-order valence-corrected chi connectivity index (χ0v) is 18.9. The fourth-order valence-electron chi connectivity index (χ4n) is 4.92. The molecule has 1 saturated heterocycles. The third-order valence-electron chi connectivity index (χ3n) is 6.80. The molecule has 172 valence electrons. The van der Waals surface area contributed by atoms with E-state index in [-0.39, 0.29) is 62.7 Å². The Bertz CT molecular complexity index is 1550. The van der Waals surface area contributed by atoms with Crippen molar-refractivity contribution in [2.45, 2.75) is 38.6 Å². The second-order valence-electron chi connectivity index (χ2n) is 8.57. The van der Waals surface area contributed by atoms with Gasteiger partial charge in [-0.3, -0.25) is 4.98 Å². The molecule has 1 aromatic carbocycles. The third kappa shape index (κ3) is 2.82. The minimum Gasteiger partial charge on any atom is -0.389 e. The van der Waals surface area contributed by atoms with Gasteiger partial charge in [-0.1, -0.05) is 0 Å². The van der Waals surface area contributed by atoms with Crippen LogP contribution in [0.1, 0.15) is 30.0 Å². The fourth-order valence-corrected chi connectivity index (χ4v) is 5.84. The number of anilines is 2. The molecule has 0 saturated carbocycles. The quantitative estimate of drug-likeness (QED) is 0.447. The van der Waals surface area contributed by atoms with Crippen LogP contribution in [0.15, 0.2) is 12.4 Å². The Morgan fingerprint density at radius 3 is 2.76 bits per heavy atom. The smallest absolute Gasteiger partial charge is 0.226 e. The number of ether oxygens (including phenoxy) is 1. The van der Waals surface area contributed by atoms with Crippen molar-refractivity contribution >= 4 is 43.3 Å². The van der Waals surface area contributed by atoms with E-state index in [9.17, 15) is 9.65 Å². The van der Waals surface area contributed by atoms with Gasteiger partial charge in [-0.25, -0.2) is 18.7 Å². The highest BCUT2D eigenvalue weighted by Gasteiger charge is 2.32. The Hall–Kier alpha value is -3.46. The summed E-state index contributed by atoms with van der Waals surface area (Å²) in [7, 11) is 0. The van der Waals surface area contributed by atoms with Gasteiger partial charge in [0.1, 0.15) is 16.6 Å². The first-order chi connectivity index (χ1) is 16.4. The lowest BCUT2D eigenvalue weighted by atomic mass is 9.94. The van der Waals surface area contributed by atoms with Crippen molar-refractivity contribution in [1.29, 1.82) is 5.26 Å². The predicted molar refractivity (Wildman–Crippen MR) is 125 cm³/mol. The van der Waals surface area contributed by atoms with Gasteiger partial charge in [0.25, 0.3) is 0 Å². The minimum atomic E-state index is -0.617. The van der Waals surface area contributed by atoms with E-state index < -0.39 is 11.6 Å². The van der Waals surface area contributed by atoms with Gasteiger partial charge in [0.05, 0.1) is 35.4 Å². The van der Waals surface area contributed by atoms with Gasteiger partial charge in [0.2, 0.25) is 5.95 Å². The van der Waals surface area contributed by atoms with Crippen LogP contribution in [0.2, 0.25) is 0 Å². The molecule has 1 fully saturated rings. The molecular formula is C23H19F2N7OS. The maximum atomic E-state index is 16.3. The first kappa shape index (κ1) is 21.1. The second kappa shape index (κ2) is 7.53. The summed E-state index contributed by atoms with van der Waals surface area (Å²) in [5.41, 5.74) is 14.0. The Labute approximate surface area is 196 Å². The second-order valence-corrected chi connectivity index (χ2v) is 9.62. The number of thiophene rings is 1. The predicted octanol–water partition coefficient (Wildman–Crippen LogP) is 3.59. The molecule has 0 bridgehead atoms. The standard InChI is InChI=1S/C23H19F2N7OS/c1-9-15(27)2-3-32(9)23-30-5-11-12-7-33-8-13(12)16(18(25)19(11)31-23)20-17-10(4-26)22(28)34-21(17)14(24)6-29-20/h5-6,9,15H,2-3,7-8,27-28H2,1H3/t9-,15-/m0/s1. The van der Waals surface area contributed by atoms with Gasteiger partial charge in [-0.15, -0.1) is 11.3 Å². The van der Waals surface area contributed by atoms with Crippen molar-refractivity contribution in [3.63, 3.8) is 0 Å². The number of fused-ring (bicyclic) bond motifs is 4. The zero-order chi connectivity index (χ0) is 23.7. The van der Waals surface area contributed by atoms with E-state index in [2.05, 4.69) is 15.0 Å². The molecule has 2 aliphatic rings. The number of pyridine rings is 1. The van der Waals surface area contributed by atoms with Crippen LogP contribution in [0.4, 0.5) is 19.7 Å². The van der Waals surface area contributed by atoms with Crippen LogP contribution in [0.5, 0.6) is 0 Å². The molecule has 4 aromatic rings. The summed E-state index contributed by atoms with van der Waals surface area (Å²) in [6.07, 6.45) is 3.44. The molecule has 3 aromatic heterocycles. The monoisotopic (exact) mass is 479 g/mol. The third-order valence-corrected chi connectivity index (χ3v) is 7.83. The van der Waals surface area contributed by atoms with E-state index in [1.165, 1.54) is 0 Å². The highest BCUT2D eigenvalue weighted by molar-refractivity contribution is 7.23. The number of hydrogen-bond donors (Lipinski definition) is 2. The van der Waals surface area contributed by atoms with Crippen LogP contribution < -0.4 is 16.4 Å². The molecule has 0 unspecified atom stereocenters. The number of nitrogens with zero attached hydrogens (tertiary/aromatic N) is 5. The van der Waals surface area contributed by atoms with Crippen LogP contribution >= 0.6 is 11.3 Å². The summed E-state index contributed by atoms with van der Waals surface area (Å²) in [4.78, 5) is 15.3. The molecule has 4 N–H and O–H groups in total. The summed E-state index contributed by atoms with van der Waals surface area (Å²) in [5.74, 6) is -0.838. The highest BCUT2D eigenvalue weighted by Crippen LogP contribution is 2.45. The molecule has 2 atom stereocenters. The van der Waals surface area contributed by atoms with E-state index in [1.807, 2.05) is 17.9 Å². The van der Waals surface area contributed by atoms with E-state index in [0.717, 1.165) is 29.5 Å². The van der Waals surface area contributed by atoms with Gasteiger partial charge in [0.15, 0.2) is 11.6 Å². The molecule has 2 aliphatic heterocycles. The maximum Gasteiger partial charge on any atom is 0.226 e. The molecule has 11 heteroatoms. The van der Waals surface area contributed by atoms with Crippen molar-refractivity contribution in [2.75, 3.05) is 17.2 Å². The van der Waals surface area contributed by atoms with Crippen LogP contribution in [-0.4, -0.2) is 33.6 Å². The van der Waals surface area contributed by atoms with Crippen molar-refractivity contribution < 1.29 is 13.5 Å². The Balaban J connectivity index is 1.66. The number of halogens is 2. The lowest BCUT2D eigenvalue weighted by molar-refractivity contribution is 0.135. The molecule has 0 aliphatic carbocycles. The average molecular weight is 480 g/mol. The molecule has 0 radical (unpaired) electrons. The number of nitrogen functional groups attached to an aromatic ring is 1. The number of aromatic nitrogens is 3. The first-order valence-corrected chi connectivity index (χ1v) is 11.6. The molecule has 5 heterocycles. The van der Waals surface area contributed by atoms with Crippen molar-refractivity contribution in [1.82, 2.24) is 15.0 Å². The van der Waals surface area contributed by atoms with Gasteiger partial charge < -0.3 is 21.1 Å². The lowest BCUT2D eigenvalue weighted by Crippen LogP contribution is -2.37. The number of rotatable bonds is 2. The number of nitrogens with two attached hydrogens (primary N) is 2. The van der Waals surface area contributed by atoms with Crippen molar-refractivity contribution in [3.05, 3.63) is 40.7 Å². The molecule has 8 nitrogen and oxygen atoms in total. The summed E-state index contributed by atoms with van der Waals surface area (Å²) >= 11 is 0.944. The molecule has 6 rings (SSSR count). The fraction of sp³-hybridized carbons (Fsp3) is 0.304. The number of benzene rings is 1. The minimum absolute atomic E-state index is 0.0155. The number of nitriles is 1. The topological polar surface area (TPSA) is 127 Å². The van der Waals surface area contributed by atoms with Gasteiger partial charge in [-0.05, 0) is 24.5 Å². The van der Waals surface area contributed by atoms with Crippen LogP contribution in [-0.2, 0) is 18.0 Å². The SMILES string of the molecule is C[C@H]1[C@@H](N)CCN1c1ncc2c3c(c(-c4ncc(F)c5sc(N)c(C#N)c45)c(F)c2n1)COC3. The van der Waals surface area contributed by atoms with Crippen LogP contribution in [0.25, 0.3) is 32.2 Å². The largest absolute Gasteiger partial charge is 0.389 e. The van der Waals surface area contributed by atoms with Gasteiger partial charge in [0, 0.05) is 41.2 Å². The Kier molecular flexibility index (Phi) is 4.67.